The molecular formula is C32H40N4O3. The average molecular weight is 529 g/mol. The van der Waals surface area contributed by atoms with Crippen LogP contribution < -0.4 is 16.4 Å². The molecule has 4 N–H and O–H groups in total. The Bertz CT molecular complexity index is 1230. The lowest BCUT2D eigenvalue weighted by Gasteiger charge is -2.30. The number of benzene rings is 2. The molecule has 7 nitrogen and oxygen atoms in total. The monoisotopic (exact) mass is 528 g/mol. The predicted octanol–water partition coefficient (Wildman–Crippen LogP) is 6.06. The fourth-order valence-corrected chi connectivity index (χ4v) is 5.07. The van der Waals surface area contributed by atoms with Crippen LogP contribution in [0.5, 0.6) is 0 Å². The van der Waals surface area contributed by atoms with Gasteiger partial charge in [-0.3, -0.25) is 4.79 Å². The maximum atomic E-state index is 13.5. The number of pyridine rings is 1. The first-order chi connectivity index (χ1) is 18.7. The lowest BCUT2D eigenvalue weighted by atomic mass is 9.81. The van der Waals surface area contributed by atoms with E-state index in [1.54, 1.807) is 12.3 Å². The molecule has 1 aromatic heterocycles. The van der Waals surface area contributed by atoms with E-state index in [-0.39, 0.29) is 24.0 Å². The summed E-state index contributed by atoms with van der Waals surface area (Å²) >= 11 is 0. The zero-order valence-electron chi connectivity index (χ0n) is 23.2. The zero-order valence-corrected chi connectivity index (χ0v) is 23.2. The van der Waals surface area contributed by atoms with E-state index in [1.165, 1.54) is 5.56 Å². The van der Waals surface area contributed by atoms with Gasteiger partial charge >= 0.3 is 6.09 Å². The van der Waals surface area contributed by atoms with Crippen LogP contribution in [0.2, 0.25) is 0 Å². The highest BCUT2D eigenvalue weighted by Gasteiger charge is 2.29. The van der Waals surface area contributed by atoms with E-state index >= 15 is 0 Å². The van der Waals surface area contributed by atoms with Crippen LogP contribution in [0.1, 0.15) is 63.6 Å². The van der Waals surface area contributed by atoms with Crippen molar-refractivity contribution in [1.29, 1.82) is 0 Å². The van der Waals surface area contributed by atoms with Crippen molar-refractivity contribution in [3.8, 4) is 11.1 Å². The molecule has 1 aliphatic carbocycles. The second-order valence-electron chi connectivity index (χ2n) is 11.4. The maximum absolute atomic E-state index is 13.5. The molecule has 0 aliphatic heterocycles. The third-order valence-corrected chi connectivity index (χ3v) is 7.16. The molecule has 1 fully saturated rings. The molecule has 0 spiro atoms. The molecule has 1 unspecified atom stereocenters. The van der Waals surface area contributed by atoms with Gasteiger partial charge in [0, 0.05) is 24.2 Å². The van der Waals surface area contributed by atoms with Crippen LogP contribution in [0.4, 0.5) is 10.6 Å². The number of hydrogen-bond acceptors (Lipinski definition) is 5. The molecule has 2 amide bonds. The molecule has 7 heteroatoms. The molecule has 1 aliphatic rings. The molecule has 1 atom stereocenters. The van der Waals surface area contributed by atoms with Gasteiger partial charge in [0.05, 0.1) is 6.04 Å². The smallest absolute Gasteiger partial charge is 0.407 e. The minimum absolute atomic E-state index is 0.0365. The SMILES string of the molecule is CC(C)(C)OC(=O)NCC1CCC(C(=O)NC(Cc2ccccc2)c2cccc(-c3ccc(N)nc3)c2)CC1. The first kappa shape index (κ1) is 28.1. The van der Waals surface area contributed by atoms with Crippen molar-refractivity contribution in [2.24, 2.45) is 11.8 Å². The Kier molecular flexibility index (Phi) is 9.23. The van der Waals surface area contributed by atoms with Crippen molar-refractivity contribution >= 4 is 17.8 Å². The number of carbonyl (C=O) groups is 2. The number of nitrogens with one attached hydrogen (secondary N) is 2. The van der Waals surface area contributed by atoms with E-state index in [2.05, 4.69) is 39.9 Å². The molecule has 2 aromatic carbocycles. The van der Waals surface area contributed by atoms with Crippen LogP contribution in [-0.2, 0) is 16.0 Å². The normalized spacial score (nSPS) is 18.1. The second-order valence-corrected chi connectivity index (χ2v) is 11.4. The largest absolute Gasteiger partial charge is 0.444 e. The van der Waals surface area contributed by atoms with Gasteiger partial charge in [-0.05, 0) is 93.7 Å². The number of amides is 2. The van der Waals surface area contributed by atoms with E-state index in [4.69, 9.17) is 10.5 Å². The molecule has 0 bridgehead atoms. The van der Waals surface area contributed by atoms with E-state index in [0.29, 0.717) is 24.7 Å². The standard InChI is InChI=1S/C32H40N4O3/c1-32(2,3)39-31(38)35-20-23-12-14-24(15-13-23)30(37)36-28(18-22-8-5-4-6-9-22)26-11-7-10-25(19-26)27-16-17-29(33)34-21-27/h4-11,16-17,19,21,23-24,28H,12-15,18,20H2,1-3H3,(H2,33,34)(H,35,38)(H,36,37). The molecular weight excluding hydrogens is 488 g/mol. The van der Waals surface area contributed by atoms with Crippen molar-refractivity contribution in [1.82, 2.24) is 15.6 Å². The number of rotatable bonds is 8. The number of anilines is 1. The quantitative estimate of drug-likeness (QED) is 0.329. The molecule has 3 aromatic rings. The molecule has 4 rings (SSSR count). The van der Waals surface area contributed by atoms with Gasteiger partial charge in [-0.2, -0.15) is 0 Å². The van der Waals surface area contributed by atoms with Crippen LogP contribution in [0.25, 0.3) is 11.1 Å². The summed E-state index contributed by atoms with van der Waals surface area (Å²) < 4.78 is 5.34. The Labute approximate surface area is 231 Å². The number of carbonyl (C=O) groups excluding carboxylic acids is 2. The first-order valence-corrected chi connectivity index (χ1v) is 13.8. The van der Waals surface area contributed by atoms with E-state index in [9.17, 15) is 9.59 Å². The Morgan fingerprint density at radius 3 is 2.38 bits per heavy atom. The number of nitrogens with zero attached hydrogens (tertiary/aromatic N) is 1. The topological polar surface area (TPSA) is 106 Å². The van der Waals surface area contributed by atoms with Gasteiger partial charge in [-0.25, -0.2) is 9.78 Å². The zero-order chi connectivity index (χ0) is 27.8. The van der Waals surface area contributed by atoms with Gasteiger partial charge in [0.25, 0.3) is 0 Å². The predicted molar refractivity (Wildman–Crippen MR) is 155 cm³/mol. The van der Waals surface area contributed by atoms with Crippen LogP contribution in [0, 0.1) is 11.8 Å². The summed E-state index contributed by atoms with van der Waals surface area (Å²) in [6.45, 7) is 6.14. The summed E-state index contributed by atoms with van der Waals surface area (Å²) in [6, 6.07) is 22.1. The Morgan fingerprint density at radius 2 is 1.72 bits per heavy atom. The number of nitrogens with two attached hydrogens (primary N) is 1. The number of nitrogen functional groups attached to an aromatic ring is 1. The Morgan fingerprint density at radius 1 is 0.974 bits per heavy atom. The van der Waals surface area contributed by atoms with Crippen LogP contribution in [-0.4, -0.2) is 29.1 Å². The van der Waals surface area contributed by atoms with Gasteiger partial charge in [-0.1, -0.05) is 48.5 Å². The minimum atomic E-state index is -0.512. The summed E-state index contributed by atoms with van der Waals surface area (Å²) in [7, 11) is 0. The van der Waals surface area contributed by atoms with Crippen molar-refractivity contribution in [2.75, 3.05) is 12.3 Å². The van der Waals surface area contributed by atoms with Gasteiger partial charge in [0.1, 0.15) is 11.4 Å². The van der Waals surface area contributed by atoms with Crippen molar-refractivity contribution < 1.29 is 14.3 Å². The lowest BCUT2D eigenvalue weighted by Crippen LogP contribution is -2.39. The lowest BCUT2D eigenvalue weighted by molar-refractivity contribution is -0.127. The molecule has 1 heterocycles. The molecule has 1 saturated carbocycles. The molecule has 0 saturated heterocycles. The van der Waals surface area contributed by atoms with Gasteiger partial charge in [0.15, 0.2) is 0 Å². The van der Waals surface area contributed by atoms with Crippen LogP contribution in [0.3, 0.4) is 0 Å². The fraction of sp³-hybridized carbons (Fsp3) is 0.406. The summed E-state index contributed by atoms with van der Waals surface area (Å²) in [5, 5.41) is 6.25. The van der Waals surface area contributed by atoms with E-state index < -0.39 is 5.60 Å². The highest BCUT2D eigenvalue weighted by atomic mass is 16.6. The number of alkyl carbamates (subject to hydrolysis) is 1. The van der Waals surface area contributed by atoms with Gasteiger partial charge < -0.3 is 21.1 Å². The van der Waals surface area contributed by atoms with Crippen molar-refractivity contribution in [3.05, 3.63) is 84.1 Å². The molecule has 0 radical (unpaired) electrons. The van der Waals surface area contributed by atoms with E-state index in [1.807, 2.05) is 57.2 Å². The highest BCUT2D eigenvalue weighted by molar-refractivity contribution is 5.79. The van der Waals surface area contributed by atoms with Crippen molar-refractivity contribution in [2.45, 2.75) is 64.5 Å². The minimum Gasteiger partial charge on any atom is -0.444 e. The third kappa shape index (κ3) is 8.57. The second kappa shape index (κ2) is 12.8. The Balaban J connectivity index is 1.40. The van der Waals surface area contributed by atoms with Crippen LogP contribution in [0.15, 0.2) is 72.9 Å². The third-order valence-electron chi connectivity index (χ3n) is 7.16. The number of aromatic nitrogens is 1. The average Bonchev–Trinajstić information content (AvgIpc) is 2.92. The summed E-state index contributed by atoms with van der Waals surface area (Å²) in [5.74, 6) is 0.894. The maximum Gasteiger partial charge on any atom is 0.407 e. The summed E-state index contributed by atoms with van der Waals surface area (Å²) in [6.07, 6.45) is 5.50. The number of hydrogen-bond donors (Lipinski definition) is 3. The number of ether oxygens (including phenoxy) is 1. The molecule has 39 heavy (non-hydrogen) atoms. The first-order valence-electron chi connectivity index (χ1n) is 13.8. The van der Waals surface area contributed by atoms with Crippen molar-refractivity contribution in [3.63, 3.8) is 0 Å². The summed E-state index contributed by atoms with van der Waals surface area (Å²) in [4.78, 5) is 29.7. The highest BCUT2D eigenvalue weighted by Crippen LogP contribution is 2.31. The Hall–Kier alpha value is -3.87. The molecule has 206 valence electrons. The van der Waals surface area contributed by atoms with E-state index in [0.717, 1.165) is 42.4 Å². The van der Waals surface area contributed by atoms with Gasteiger partial charge in [0.2, 0.25) is 5.91 Å². The fourth-order valence-electron chi connectivity index (χ4n) is 5.07. The van der Waals surface area contributed by atoms with Crippen LogP contribution >= 0.6 is 0 Å². The van der Waals surface area contributed by atoms with Gasteiger partial charge in [-0.15, -0.1) is 0 Å². The summed E-state index contributed by atoms with van der Waals surface area (Å²) in [5.41, 5.74) is 9.49.